The fourth-order valence-electron chi connectivity index (χ4n) is 2.45. The summed E-state index contributed by atoms with van der Waals surface area (Å²) in [6.07, 6.45) is -0.554. The number of alkyl halides is 3. The van der Waals surface area contributed by atoms with Crippen LogP contribution < -0.4 is 0 Å². The smallest absolute Gasteiger partial charge is 0.413 e. The van der Waals surface area contributed by atoms with Gasteiger partial charge in [-0.25, -0.2) is 0 Å². The highest BCUT2D eigenvalue weighted by atomic mass is 28.4. The van der Waals surface area contributed by atoms with E-state index in [0.29, 0.717) is 12.2 Å². The third-order valence-electron chi connectivity index (χ3n) is 5.09. The van der Waals surface area contributed by atoms with Crippen LogP contribution in [-0.2, 0) is 10.6 Å². The van der Waals surface area contributed by atoms with E-state index in [1.165, 1.54) is 12.1 Å². The highest BCUT2D eigenvalue weighted by molar-refractivity contribution is 6.74. The van der Waals surface area contributed by atoms with Crippen molar-refractivity contribution in [3.63, 3.8) is 0 Å². The average Bonchev–Trinajstić information content (AvgIpc) is 2.57. The van der Waals surface area contributed by atoms with Crippen LogP contribution in [0.25, 0.3) is 17.2 Å². The van der Waals surface area contributed by atoms with Gasteiger partial charge < -0.3 is 4.43 Å². The lowest BCUT2D eigenvalue weighted by atomic mass is 9.97. The maximum Gasteiger partial charge on any atom is 0.417 e. The van der Waals surface area contributed by atoms with Crippen molar-refractivity contribution >= 4 is 14.4 Å². The normalized spacial score (nSPS) is 13.3. The maximum absolute atomic E-state index is 13.3. The van der Waals surface area contributed by atoms with Gasteiger partial charge in [0.05, 0.1) is 12.2 Å². The van der Waals surface area contributed by atoms with Crippen LogP contribution in [0, 0.1) is 0 Å². The summed E-state index contributed by atoms with van der Waals surface area (Å²) in [5.74, 6) is 0. The summed E-state index contributed by atoms with van der Waals surface area (Å²) in [6.45, 7) is 11.4. The molecule has 146 valence electrons. The molecule has 1 nitrogen and oxygen atoms in total. The molecule has 2 aromatic carbocycles. The molecule has 0 aromatic heterocycles. The summed E-state index contributed by atoms with van der Waals surface area (Å²) in [7, 11) is -1.81. The Morgan fingerprint density at radius 1 is 0.963 bits per heavy atom. The van der Waals surface area contributed by atoms with E-state index in [1.807, 2.05) is 18.2 Å². The van der Waals surface area contributed by atoms with Crippen molar-refractivity contribution in [3.05, 3.63) is 65.7 Å². The molecule has 0 fully saturated rings. The van der Waals surface area contributed by atoms with Gasteiger partial charge in [-0.3, -0.25) is 0 Å². The van der Waals surface area contributed by atoms with Crippen LogP contribution in [0.15, 0.2) is 54.6 Å². The molecule has 2 rings (SSSR count). The summed E-state index contributed by atoms with van der Waals surface area (Å²) < 4.78 is 45.9. The van der Waals surface area contributed by atoms with E-state index in [1.54, 1.807) is 24.3 Å². The minimum atomic E-state index is -4.38. The van der Waals surface area contributed by atoms with Crippen molar-refractivity contribution < 1.29 is 17.6 Å². The lowest BCUT2D eigenvalue weighted by molar-refractivity contribution is -0.137. The van der Waals surface area contributed by atoms with Gasteiger partial charge in [0.15, 0.2) is 8.32 Å². The molecule has 0 atom stereocenters. The maximum atomic E-state index is 13.3. The minimum absolute atomic E-state index is 0.141. The molecule has 27 heavy (non-hydrogen) atoms. The second-order valence-electron chi connectivity index (χ2n) is 8.14. The van der Waals surface area contributed by atoms with Crippen LogP contribution in [0.4, 0.5) is 13.2 Å². The lowest BCUT2D eigenvalue weighted by Crippen LogP contribution is -2.40. The predicted molar refractivity (Wildman–Crippen MR) is 109 cm³/mol. The van der Waals surface area contributed by atoms with E-state index >= 15 is 0 Å². The van der Waals surface area contributed by atoms with E-state index in [2.05, 4.69) is 33.9 Å². The lowest BCUT2D eigenvalue weighted by Gasteiger charge is -2.35. The van der Waals surface area contributed by atoms with Crippen molar-refractivity contribution in [2.24, 2.45) is 0 Å². The van der Waals surface area contributed by atoms with Crippen LogP contribution in [0.1, 0.15) is 31.9 Å². The Morgan fingerprint density at radius 3 is 2.26 bits per heavy atom. The Balaban J connectivity index is 2.18. The quantitative estimate of drug-likeness (QED) is 0.481. The van der Waals surface area contributed by atoms with Gasteiger partial charge in [-0.1, -0.05) is 69.3 Å². The molecule has 0 saturated heterocycles. The van der Waals surface area contributed by atoms with Gasteiger partial charge >= 0.3 is 6.18 Å². The Morgan fingerprint density at radius 2 is 1.63 bits per heavy atom. The molecule has 2 aromatic rings. The number of benzene rings is 2. The van der Waals surface area contributed by atoms with Gasteiger partial charge in [0.25, 0.3) is 0 Å². The van der Waals surface area contributed by atoms with Gasteiger partial charge in [0.1, 0.15) is 0 Å². The first-order valence-corrected chi connectivity index (χ1v) is 11.9. The zero-order valence-electron chi connectivity index (χ0n) is 16.5. The number of hydrogen-bond donors (Lipinski definition) is 0. The molecule has 0 aliphatic rings. The highest BCUT2D eigenvalue weighted by Crippen LogP contribution is 2.37. The topological polar surface area (TPSA) is 9.23 Å². The molecule has 0 aliphatic heterocycles. The van der Waals surface area contributed by atoms with Gasteiger partial charge in [-0.05, 0) is 47.0 Å². The summed E-state index contributed by atoms with van der Waals surface area (Å²) in [6, 6.07) is 12.8. The zero-order chi connectivity index (χ0) is 20.3. The van der Waals surface area contributed by atoms with Crippen molar-refractivity contribution in [2.45, 2.75) is 45.1 Å². The molecule has 0 radical (unpaired) electrons. The number of halogens is 3. The largest absolute Gasteiger partial charge is 0.417 e. The fourth-order valence-corrected chi connectivity index (χ4v) is 3.39. The Kier molecular flexibility index (Phi) is 6.38. The molecule has 0 amide bonds. The van der Waals surface area contributed by atoms with Crippen molar-refractivity contribution in [1.29, 1.82) is 0 Å². The molecule has 0 bridgehead atoms. The van der Waals surface area contributed by atoms with E-state index in [9.17, 15) is 13.2 Å². The molecule has 0 aliphatic carbocycles. The summed E-state index contributed by atoms with van der Waals surface area (Å²) in [5, 5.41) is 0.141. The zero-order valence-corrected chi connectivity index (χ0v) is 17.5. The SMILES string of the molecule is CC(C)(C)[Si](C)(C)OCC=Cc1cccc(-c2ccccc2C(F)(F)F)c1. The predicted octanol–water partition coefficient (Wildman–Crippen LogP) is 7.41. The van der Waals surface area contributed by atoms with Gasteiger partial charge in [-0.15, -0.1) is 0 Å². The summed E-state index contributed by atoms with van der Waals surface area (Å²) in [5.41, 5.74) is 0.976. The monoisotopic (exact) mass is 392 g/mol. The van der Waals surface area contributed by atoms with Crippen LogP contribution in [0.3, 0.4) is 0 Å². The second-order valence-corrected chi connectivity index (χ2v) is 13.0. The van der Waals surface area contributed by atoms with Crippen molar-refractivity contribution in [1.82, 2.24) is 0 Å². The standard InChI is InChI=1S/C22H27F3OSi/c1-21(2,3)27(4,5)26-15-9-11-17-10-8-12-18(16-17)19-13-6-7-14-20(19)22(23,24)25/h6-14,16H,15H2,1-5H3. The molecular formula is C22H27F3OSi. The van der Waals surface area contributed by atoms with Crippen molar-refractivity contribution in [3.8, 4) is 11.1 Å². The Labute approximate surface area is 161 Å². The molecule has 0 N–H and O–H groups in total. The average molecular weight is 393 g/mol. The molecule has 0 saturated carbocycles. The summed E-state index contributed by atoms with van der Waals surface area (Å²) >= 11 is 0. The van der Waals surface area contributed by atoms with E-state index in [0.717, 1.165) is 11.6 Å². The highest BCUT2D eigenvalue weighted by Gasteiger charge is 2.36. The number of rotatable bonds is 5. The first-order valence-electron chi connectivity index (χ1n) is 8.99. The van der Waals surface area contributed by atoms with E-state index in [4.69, 9.17) is 4.43 Å². The molecular weight excluding hydrogens is 365 g/mol. The Bertz CT molecular complexity index is 802. The van der Waals surface area contributed by atoms with E-state index < -0.39 is 20.1 Å². The molecule has 0 spiro atoms. The van der Waals surface area contributed by atoms with Gasteiger partial charge in [-0.2, -0.15) is 13.2 Å². The molecule has 5 heteroatoms. The molecule has 0 unspecified atom stereocenters. The second kappa shape index (κ2) is 8.03. The first-order chi connectivity index (χ1) is 12.4. The third-order valence-corrected chi connectivity index (χ3v) is 9.59. The third kappa shape index (κ3) is 5.56. The van der Waals surface area contributed by atoms with Gasteiger partial charge in [0.2, 0.25) is 0 Å². The van der Waals surface area contributed by atoms with Crippen LogP contribution in [-0.4, -0.2) is 14.9 Å². The fraction of sp³-hybridized carbons (Fsp3) is 0.364. The molecule has 0 heterocycles. The van der Waals surface area contributed by atoms with Crippen LogP contribution >= 0.6 is 0 Å². The van der Waals surface area contributed by atoms with Crippen LogP contribution in [0.5, 0.6) is 0 Å². The summed E-state index contributed by atoms with van der Waals surface area (Å²) in [4.78, 5) is 0. The number of hydrogen-bond acceptors (Lipinski definition) is 1. The van der Waals surface area contributed by atoms with Crippen molar-refractivity contribution in [2.75, 3.05) is 6.61 Å². The minimum Gasteiger partial charge on any atom is -0.413 e. The van der Waals surface area contributed by atoms with E-state index in [-0.39, 0.29) is 10.6 Å². The first kappa shape index (κ1) is 21.4. The van der Waals surface area contributed by atoms with Gasteiger partial charge in [0, 0.05) is 0 Å². The van der Waals surface area contributed by atoms with Crippen LogP contribution in [0.2, 0.25) is 18.1 Å². The Hall–Kier alpha value is -1.85.